The van der Waals surface area contributed by atoms with Crippen molar-refractivity contribution in [1.29, 1.82) is 0 Å². The molecule has 0 unspecified atom stereocenters. The molecule has 0 bridgehead atoms. The van der Waals surface area contributed by atoms with Gasteiger partial charge in [0.15, 0.2) is 6.61 Å². The Morgan fingerprint density at radius 2 is 1.62 bits per heavy atom. The molecule has 178 valence electrons. The molecule has 3 aromatic carbocycles. The third-order valence-corrected chi connectivity index (χ3v) is 5.93. The van der Waals surface area contributed by atoms with Crippen molar-refractivity contribution in [2.45, 2.75) is 39.3 Å². The van der Waals surface area contributed by atoms with E-state index in [9.17, 15) is 9.59 Å². The summed E-state index contributed by atoms with van der Waals surface area (Å²) >= 11 is 6.10. The first-order chi connectivity index (χ1) is 16.5. The molecule has 0 aliphatic carbocycles. The largest absolute Gasteiger partial charge is 0.484 e. The zero-order chi connectivity index (χ0) is 24.3. The third kappa shape index (κ3) is 7.35. The van der Waals surface area contributed by atoms with Gasteiger partial charge < -0.3 is 15.0 Å². The number of carbonyl (C=O) groups excluding carboxylic acids is 2. The lowest BCUT2D eigenvalue weighted by Gasteiger charge is -2.31. The fourth-order valence-electron chi connectivity index (χ4n) is 3.64. The molecule has 0 radical (unpaired) electrons. The first-order valence-corrected chi connectivity index (χ1v) is 11.9. The van der Waals surface area contributed by atoms with E-state index in [-0.39, 0.29) is 18.4 Å². The Labute approximate surface area is 206 Å². The fourth-order valence-corrected chi connectivity index (χ4v) is 3.75. The van der Waals surface area contributed by atoms with E-state index < -0.39 is 6.04 Å². The molecule has 0 aromatic heterocycles. The number of ether oxygens (including phenoxy) is 1. The minimum absolute atomic E-state index is 0.169. The normalized spacial score (nSPS) is 11.5. The molecule has 0 saturated heterocycles. The van der Waals surface area contributed by atoms with Crippen LogP contribution in [0.3, 0.4) is 0 Å². The summed E-state index contributed by atoms with van der Waals surface area (Å²) in [5.41, 5.74) is 2.80. The monoisotopic (exact) mass is 478 g/mol. The first kappa shape index (κ1) is 25.3. The zero-order valence-corrected chi connectivity index (χ0v) is 20.4. The van der Waals surface area contributed by atoms with Gasteiger partial charge in [0.2, 0.25) is 5.91 Å². The number of benzene rings is 3. The topological polar surface area (TPSA) is 58.6 Å². The number of hydrogen-bond donors (Lipinski definition) is 1. The van der Waals surface area contributed by atoms with Crippen molar-refractivity contribution in [2.24, 2.45) is 0 Å². The lowest BCUT2D eigenvalue weighted by atomic mass is 10.0. The number of rotatable bonds is 11. The summed E-state index contributed by atoms with van der Waals surface area (Å²) in [6.45, 7) is 4.56. The van der Waals surface area contributed by atoms with Crippen LogP contribution in [-0.4, -0.2) is 35.9 Å². The molecule has 0 fully saturated rings. The Balaban J connectivity index is 1.86. The zero-order valence-electron chi connectivity index (χ0n) is 19.7. The van der Waals surface area contributed by atoms with E-state index in [1.54, 1.807) is 23.1 Å². The van der Waals surface area contributed by atoms with Crippen LogP contribution in [0.15, 0.2) is 78.9 Å². The lowest BCUT2D eigenvalue weighted by molar-refractivity contribution is -0.142. The standard InChI is InChI=1S/C28H31ClN2O3/c1-3-16-30-28(33)26(18-22-10-6-4-7-11-22)31(19-23-12-8-5-9-13-23)27(32)20-34-24-14-15-25(29)21(2)17-24/h4-15,17,26H,3,16,18-20H2,1-2H3,(H,30,33)/t26-/m1/s1. The molecular weight excluding hydrogens is 448 g/mol. The molecule has 3 aromatic rings. The second-order valence-electron chi connectivity index (χ2n) is 8.20. The SMILES string of the molecule is CCCNC(=O)[C@@H](Cc1ccccc1)N(Cc1ccccc1)C(=O)COc1ccc(Cl)c(C)c1. The number of amides is 2. The highest BCUT2D eigenvalue weighted by molar-refractivity contribution is 6.31. The van der Waals surface area contributed by atoms with Crippen molar-refractivity contribution in [3.8, 4) is 5.75 Å². The summed E-state index contributed by atoms with van der Waals surface area (Å²) in [5.74, 6) is 0.131. The molecule has 0 aliphatic rings. The summed E-state index contributed by atoms with van der Waals surface area (Å²) in [7, 11) is 0. The van der Waals surface area contributed by atoms with Gasteiger partial charge in [-0.1, -0.05) is 79.2 Å². The van der Waals surface area contributed by atoms with Crippen molar-refractivity contribution < 1.29 is 14.3 Å². The Morgan fingerprint density at radius 1 is 0.971 bits per heavy atom. The third-order valence-electron chi connectivity index (χ3n) is 5.51. The van der Waals surface area contributed by atoms with Crippen molar-refractivity contribution in [3.05, 3.63) is 101 Å². The first-order valence-electron chi connectivity index (χ1n) is 11.5. The number of aryl methyl sites for hydroxylation is 1. The van der Waals surface area contributed by atoms with Crippen LogP contribution < -0.4 is 10.1 Å². The van der Waals surface area contributed by atoms with E-state index in [1.807, 2.05) is 74.5 Å². The van der Waals surface area contributed by atoms with Gasteiger partial charge in [-0.15, -0.1) is 0 Å². The van der Waals surface area contributed by atoms with Crippen LogP contribution in [0, 0.1) is 6.92 Å². The average molecular weight is 479 g/mol. The Hall–Kier alpha value is -3.31. The van der Waals surface area contributed by atoms with Crippen LogP contribution in [0.1, 0.15) is 30.0 Å². The number of carbonyl (C=O) groups is 2. The van der Waals surface area contributed by atoms with E-state index in [0.29, 0.717) is 30.3 Å². The van der Waals surface area contributed by atoms with Gasteiger partial charge in [0.25, 0.3) is 5.91 Å². The van der Waals surface area contributed by atoms with Crippen LogP contribution in [0.2, 0.25) is 5.02 Å². The summed E-state index contributed by atoms with van der Waals surface area (Å²) in [6, 6.07) is 24.0. The lowest BCUT2D eigenvalue weighted by Crippen LogP contribution is -2.51. The molecular formula is C28H31ClN2O3. The van der Waals surface area contributed by atoms with Gasteiger partial charge in [-0.2, -0.15) is 0 Å². The van der Waals surface area contributed by atoms with Crippen LogP contribution in [0.4, 0.5) is 0 Å². The van der Waals surface area contributed by atoms with E-state index in [0.717, 1.165) is 23.1 Å². The summed E-state index contributed by atoms with van der Waals surface area (Å²) in [6.07, 6.45) is 1.23. The maximum Gasteiger partial charge on any atom is 0.261 e. The Morgan fingerprint density at radius 3 is 2.24 bits per heavy atom. The molecule has 3 rings (SSSR count). The van der Waals surface area contributed by atoms with Crippen molar-refractivity contribution >= 4 is 23.4 Å². The van der Waals surface area contributed by atoms with Crippen LogP contribution in [0.5, 0.6) is 5.75 Å². The van der Waals surface area contributed by atoms with Gasteiger partial charge in [0, 0.05) is 24.5 Å². The highest BCUT2D eigenvalue weighted by Crippen LogP contribution is 2.21. The van der Waals surface area contributed by atoms with Crippen molar-refractivity contribution in [1.82, 2.24) is 10.2 Å². The highest BCUT2D eigenvalue weighted by Gasteiger charge is 2.30. The molecule has 0 aliphatic heterocycles. The minimum atomic E-state index is -0.669. The number of nitrogens with one attached hydrogen (secondary N) is 1. The van der Waals surface area contributed by atoms with Crippen LogP contribution in [-0.2, 0) is 22.6 Å². The number of halogens is 1. The molecule has 2 amide bonds. The molecule has 1 N–H and O–H groups in total. The van der Waals surface area contributed by atoms with Gasteiger partial charge in [0.1, 0.15) is 11.8 Å². The molecule has 0 saturated carbocycles. The van der Waals surface area contributed by atoms with Crippen LogP contribution >= 0.6 is 11.6 Å². The second-order valence-corrected chi connectivity index (χ2v) is 8.61. The highest BCUT2D eigenvalue weighted by atomic mass is 35.5. The Kier molecular flexibility index (Phi) is 9.53. The smallest absolute Gasteiger partial charge is 0.261 e. The van der Waals surface area contributed by atoms with E-state index in [4.69, 9.17) is 16.3 Å². The van der Waals surface area contributed by atoms with Crippen LogP contribution in [0.25, 0.3) is 0 Å². The van der Waals surface area contributed by atoms with Gasteiger partial charge >= 0.3 is 0 Å². The quantitative estimate of drug-likeness (QED) is 0.412. The van der Waals surface area contributed by atoms with Gasteiger partial charge in [-0.05, 0) is 48.2 Å². The molecule has 0 heterocycles. The predicted molar refractivity (Wildman–Crippen MR) is 136 cm³/mol. The summed E-state index contributed by atoms with van der Waals surface area (Å²) < 4.78 is 5.80. The van der Waals surface area contributed by atoms with Crippen molar-refractivity contribution in [2.75, 3.05) is 13.2 Å². The number of nitrogens with zero attached hydrogens (tertiary/aromatic N) is 1. The van der Waals surface area contributed by atoms with E-state index in [2.05, 4.69) is 5.32 Å². The molecule has 1 atom stereocenters. The summed E-state index contributed by atoms with van der Waals surface area (Å²) in [5, 5.41) is 3.61. The van der Waals surface area contributed by atoms with E-state index >= 15 is 0 Å². The molecule has 5 nitrogen and oxygen atoms in total. The predicted octanol–water partition coefficient (Wildman–Crippen LogP) is 5.19. The summed E-state index contributed by atoms with van der Waals surface area (Å²) in [4.78, 5) is 28.3. The maximum absolute atomic E-state index is 13.5. The minimum Gasteiger partial charge on any atom is -0.484 e. The van der Waals surface area contributed by atoms with Gasteiger partial charge in [-0.3, -0.25) is 9.59 Å². The molecule has 0 spiro atoms. The molecule has 6 heteroatoms. The average Bonchev–Trinajstić information content (AvgIpc) is 2.86. The van der Waals surface area contributed by atoms with E-state index in [1.165, 1.54) is 0 Å². The Bertz CT molecular complexity index is 1070. The second kappa shape index (κ2) is 12.8. The van der Waals surface area contributed by atoms with Crippen molar-refractivity contribution in [3.63, 3.8) is 0 Å². The fraction of sp³-hybridized carbons (Fsp3) is 0.286. The van der Waals surface area contributed by atoms with Gasteiger partial charge in [-0.25, -0.2) is 0 Å². The molecule has 34 heavy (non-hydrogen) atoms. The van der Waals surface area contributed by atoms with Gasteiger partial charge in [0.05, 0.1) is 0 Å². The maximum atomic E-state index is 13.5. The number of hydrogen-bond acceptors (Lipinski definition) is 3.